The molecule has 73 heavy (non-hydrogen) atoms. The van der Waals surface area contributed by atoms with Crippen molar-refractivity contribution in [3.63, 3.8) is 0 Å². The van der Waals surface area contributed by atoms with Gasteiger partial charge in [0, 0.05) is 72.3 Å². The Morgan fingerprint density at radius 1 is 0.315 bits per heavy atom. The summed E-state index contributed by atoms with van der Waals surface area (Å²) in [7, 11) is 0. The smallest absolute Gasteiger partial charge is 0.0541 e. The van der Waals surface area contributed by atoms with E-state index in [0.717, 1.165) is 72.0 Å². The minimum absolute atomic E-state index is 0.203. The molecule has 1 aliphatic rings. The Kier molecular flexibility index (Phi) is 10.6. The first kappa shape index (κ1) is 43.3. The molecule has 0 N–H and O–H groups in total. The van der Waals surface area contributed by atoms with Gasteiger partial charge in [0.25, 0.3) is 0 Å². The lowest BCUT2D eigenvalue weighted by atomic mass is 9.82. The van der Waals surface area contributed by atoms with Crippen molar-refractivity contribution in [2.24, 2.45) is 0 Å². The van der Waals surface area contributed by atoms with Gasteiger partial charge in [0.05, 0.1) is 11.0 Å². The molecule has 1 heterocycles. The Morgan fingerprint density at radius 2 is 0.685 bits per heavy atom. The maximum absolute atomic E-state index is 3.57. The highest BCUT2D eigenvalue weighted by atomic mass is 15.1. The largest absolute Gasteiger partial charge is 0.311 e. The third-order valence-electron chi connectivity index (χ3n) is 14.5. The lowest BCUT2D eigenvalue weighted by molar-refractivity contribution is 0.659. The number of benzene rings is 11. The first-order valence-corrected chi connectivity index (χ1v) is 24.8. The molecule has 2 nitrogen and oxygen atoms in total. The Bertz CT molecular complexity index is 4260. The van der Waals surface area contributed by atoms with Gasteiger partial charge >= 0.3 is 0 Å². The Morgan fingerprint density at radius 3 is 1.18 bits per heavy atom. The van der Waals surface area contributed by atoms with Crippen LogP contribution in [0, 0.1) is 35.5 Å². The molecule has 0 aliphatic heterocycles. The number of rotatable bonds is 4. The molecule has 12 aromatic rings. The molecule has 2 heteroatoms. The van der Waals surface area contributed by atoms with Crippen molar-refractivity contribution in [3.8, 4) is 52.3 Å². The van der Waals surface area contributed by atoms with Crippen LogP contribution in [0.1, 0.15) is 58.4 Å². The minimum atomic E-state index is -0.203. The molecule has 0 atom stereocenters. The van der Waals surface area contributed by atoms with E-state index >= 15 is 0 Å². The summed E-state index contributed by atoms with van der Waals surface area (Å²) < 4.78 is 2.41. The summed E-state index contributed by atoms with van der Waals surface area (Å²) in [5.41, 5.74) is 17.7. The molecule has 0 spiro atoms. The highest BCUT2D eigenvalue weighted by Crippen LogP contribution is 2.50. The first-order chi connectivity index (χ1) is 36.0. The zero-order valence-electron chi connectivity index (χ0n) is 40.5. The number of hydrogen-bond acceptors (Lipinski definition) is 1. The number of anilines is 3. The predicted molar refractivity (Wildman–Crippen MR) is 305 cm³/mol. The molecular weight excluding hydrogens is 881 g/mol. The van der Waals surface area contributed by atoms with E-state index in [2.05, 4.69) is 289 Å². The molecule has 0 bridgehead atoms. The second-order valence-electron chi connectivity index (χ2n) is 19.2. The van der Waals surface area contributed by atoms with Gasteiger partial charge in [0.15, 0.2) is 0 Å². The van der Waals surface area contributed by atoms with Crippen LogP contribution in [-0.4, -0.2) is 4.57 Å². The van der Waals surface area contributed by atoms with Crippen molar-refractivity contribution in [1.29, 1.82) is 0 Å². The van der Waals surface area contributed by atoms with Crippen molar-refractivity contribution in [3.05, 3.63) is 287 Å². The SMILES string of the molecule is CC1(C)c2cc(C#Cc3ccc(C#Cc4ccc(C#Cc5ccc(N(c6ccccc6)c6ccccc6)cc5)c5ccccc45)c4ccccc34)ccc2-c2ccc(-n3c4ccccc4c4ccccc43)cc21. The van der Waals surface area contributed by atoms with Gasteiger partial charge in [-0.25, -0.2) is 0 Å². The molecule has 13 rings (SSSR count). The van der Waals surface area contributed by atoms with Crippen LogP contribution in [0.2, 0.25) is 0 Å². The third-order valence-corrected chi connectivity index (χ3v) is 14.5. The number of nitrogens with zero attached hydrogens (tertiary/aromatic N) is 2. The van der Waals surface area contributed by atoms with E-state index in [9.17, 15) is 0 Å². The lowest BCUT2D eigenvalue weighted by Gasteiger charge is -2.25. The van der Waals surface area contributed by atoms with Crippen LogP contribution in [0.5, 0.6) is 0 Å². The maximum atomic E-state index is 3.57. The van der Waals surface area contributed by atoms with Crippen molar-refractivity contribution >= 4 is 60.4 Å². The normalized spacial score (nSPS) is 12.0. The summed E-state index contributed by atoms with van der Waals surface area (Å²) in [5.74, 6) is 21.1. The second kappa shape index (κ2) is 17.9. The van der Waals surface area contributed by atoms with E-state index < -0.39 is 0 Å². The molecular formula is C71H46N2. The van der Waals surface area contributed by atoms with Crippen LogP contribution < -0.4 is 4.90 Å². The van der Waals surface area contributed by atoms with Crippen molar-refractivity contribution in [2.75, 3.05) is 4.90 Å². The second-order valence-corrected chi connectivity index (χ2v) is 19.2. The molecule has 0 saturated carbocycles. The van der Waals surface area contributed by atoms with E-state index in [1.165, 1.54) is 49.7 Å². The van der Waals surface area contributed by atoms with E-state index in [1.54, 1.807) is 0 Å². The number of para-hydroxylation sites is 4. The van der Waals surface area contributed by atoms with Gasteiger partial charge in [-0.2, -0.15) is 0 Å². The molecule has 340 valence electrons. The van der Waals surface area contributed by atoms with Gasteiger partial charge in [-0.15, -0.1) is 0 Å². The van der Waals surface area contributed by atoms with Crippen LogP contribution in [0.3, 0.4) is 0 Å². The van der Waals surface area contributed by atoms with Crippen LogP contribution in [0.4, 0.5) is 17.1 Å². The molecule has 0 saturated heterocycles. The van der Waals surface area contributed by atoms with Gasteiger partial charge in [-0.1, -0.05) is 183 Å². The van der Waals surface area contributed by atoms with Crippen LogP contribution in [-0.2, 0) is 5.41 Å². The number of aromatic nitrogens is 1. The fraction of sp³-hybridized carbons (Fsp3) is 0.0423. The Hall–Kier alpha value is -9.78. The molecule has 1 aliphatic carbocycles. The summed E-state index contributed by atoms with van der Waals surface area (Å²) in [6, 6.07) is 85.8. The summed E-state index contributed by atoms with van der Waals surface area (Å²) in [6.07, 6.45) is 0. The third kappa shape index (κ3) is 7.70. The van der Waals surface area contributed by atoms with Gasteiger partial charge in [0.1, 0.15) is 0 Å². The summed E-state index contributed by atoms with van der Waals surface area (Å²) in [6.45, 7) is 4.69. The quantitative estimate of drug-likeness (QED) is 0.160. The van der Waals surface area contributed by atoms with Crippen LogP contribution in [0.25, 0.3) is 60.2 Å². The van der Waals surface area contributed by atoms with Crippen molar-refractivity contribution in [2.45, 2.75) is 19.3 Å². The van der Waals surface area contributed by atoms with Gasteiger partial charge in [-0.3, -0.25) is 0 Å². The van der Waals surface area contributed by atoms with E-state index in [1.807, 2.05) is 12.1 Å². The lowest BCUT2D eigenvalue weighted by Crippen LogP contribution is -2.15. The highest BCUT2D eigenvalue weighted by Gasteiger charge is 2.36. The summed E-state index contributed by atoms with van der Waals surface area (Å²) in [4.78, 5) is 2.26. The van der Waals surface area contributed by atoms with Crippen LogP contribution in [0.15, 0.2) is 243 Å². The monoisotopic (exact) mass is 926 g/mol. The topological polar surface area (TPSA) is 8.17 Å². The Balaban J connectivity index is 0.769. The summed E-state index contributed by atoms with van der Waals surface area (Å²) >= 11 is 0. The van der Waals surface area contributed by atoms with Gasteiger partial charge in [0.2, 0.25) is 0 Å². The zero-order valence-corrected chi connectivity index (χ0v) is 40.5. The predicted octanol–water partition coefficient (Wildman–Crippen LogP) is 17.1. The molecule has 0 radical (unpaired) electrons. The van der Waals surface area contributed by atoms with Crippen molar-refractivity contribution < 1.29 is 0 Å². The van der Waals surface area contributed by atoms with Gasteiger partial charge < -0.3 is 9.47 Å². The molecule has 0 fully saturated rings. The summed E-state index contributed by atoms with van der Waals surface area (Å²) in [5, 5.41) is 6.87. The van der Waals surface area contributed by atoms with Gasteiger partial charge in [-0.05, 0) is 153 Å². The number of hydrogen-bond donors (Lipinski definition) is 0. The minimum Gasteiger partial charge on any atom is -0.311 e. The van der Waals surface area contributed by atoms with Crippen molar-refractivity contribution in [1.82, 2.24) is 4.57 Å². The van der Waals surface area contributed by atoms with E-state index in [0.29, 0.717) is 0 Å². The highest BCUT2D eigenvalue weighted by molar-refractivity contribution is 6.09. The Labute approximate surface area is 426 Å². The first-order valence-electron chi connectivity index (χ1n) is 24.8. The molecule has 1 aromatic heterocycles. The molecule has 0 unspecified atom stereocenters. The maximum Gasteiger partial charge on any atom is 0.0541 e. The van der Waals surface area contributed by atoms with Crippen LogP contribution >= 0.6 is 0 Å². The molecule has 0 amide bonds. The zero-order chi connectivity index (χ0) is 48.9. The number of fused-ring (bicyclic) bond motifs is 8. The molecule has 11 aromatic carbocycles. The average Bonchev–Trinajstić information content (AvgIpc) is 3.90. The van der Waals surface area contributed by atoms with E-state index in [4.69, 9.17) is 0 Å². The fourth-order valence-corrected chi connectivity index (χ4v) is 10.9. The standard InChI is InChI=1S/C71H46N2/c1-71(2)67-47-50(33-45-63(67)64-46-44-58(48-68(64)71)73-69-27-15-13-25-65(69)66-26-14-16-28-70(66)73)30-35-52-37-39-54(62-24-12-10-22-60(52)62)41-40-53-38-36-51(59-21-9-11-23-61(53)59)34-29-49-31-42-57(43-32-49)72(55-17-5-3-6-18-55)56-19-7-4-8-20-56/h3-28,31-33,36-39,42-48H,1-2H3. The fourth-order valence-electron chi connectivity index (χ4n) is 10.9. The average molecular weight is 927 g/mol. The van der Waals surface area contributed by atoms with E-state index in [-0.39, 0.29) is 5.41 Å².